The molecule has 1 fully saturated rings. The number of urea groups is 1. The summed E-state index contributed by atoms with van der Waals surface area (Å²) in [4.78, 5) is 24.9. The molecule has 134 valence electrons. The van der Waals surface area contributed by atoms with Gasteiger partial charge >= 0.3 is 18.3 Å². The second kappa shape index (κ2) is 7.27. The van der Waals surface area contributed by atoms with Gasteiger partial charge in [0.2, 0.25) is 0 Å². The number of likely N-dealkylation sites (tertiary alicyclic amines) is 1. The Bertz CT molecular complexity index is 435. The van der Waals surface area contributed by atoms with Gasteiger partial charge in [0.15, 0.2) is 0 Å². The number of hydrogen-bond donors (Lipinski definition) is 2. The zero-order valence-electron chi connectivity index (χ0n) is 13.8. The van der Waals surface area contributed by atoms with Gasteiger partial charge in [-0.3, -0.25) is 0 Å². The number of nitrogens with zero attached hydrogens (tertiary/aromatic N) is 1. The van der Waals surface area contributed by atoms with Crippen LogP contribution >= 0.6 is 0 Å². The second-order valence-corrected chi connectivity index (χ2v) is 6.60. The number of carbonyl (C=O) groups excluding carboxylic acids is 2. The van der Waals surface area contributed by atoms with Gasteiger partial charge in [0.25, 0.3) is 0 Å². The predicted molar refractivity (Wildman–Crippen MR) is 78.0 cm³/mol. The lowest BCUT2D eigenvalue weighted by molar-refractivity contribution is -0.123. The van der Waals surface area contributed by atoms with Gasteiger partial charge < -0.3 is 20.3 Å². The maximum Gasteiger partial charge on any atom is 0.407 e. The molecule has 1 aliphatic heterocycles. The molecule has 1 rings (SSSR count). The van der Waals surface area contributed by atoms with E-state index in [0.717, 1.165) is 0 Å². The molecule has 0 saturated carbocycles. The van der Waals surface area contributed by atoms with E-state index in [2.05, 4.69) is 5.32 Å². The molecular weight excluding hydrogens is 315 g/mol. The molecule has 1 heterocycles. The largest absolute Gasteiger partial charge is 0.444 e. The van der Waals surface area contributed by atoms with E-state index in [1.807, 2.05) is 12.2 Å². The van der Waals surface area contributed by atoms with Crippen LogP contribution in [-0.2, 0) is 4.74 Å². The zero-order chi connectivity index (χ0) is 17.8. The molecule has 3 amide bonds. The highest BCUT2D eigenvalue weighted by Crippen LogP contribution is 2.21. The maximum absolute atomic E-state index is 12.1. The van der Waals surface area contributed by atoms with Crippen molar-refractivity contribution in [3.63, 3.8) is 0 Å². The van der Waals surface area contributed by atoms with E-state index in [-0.39, 0.29) is 18.5 Å². The first-order valence-corrected chi connectivity index (χ1v) is 7.50. The summed E-state index contributed by atoms with van der Waals surface area (Å²) < 4.78 is 41.6. The Hall–Kier alpha value is -1.67. The van der Waals surface area contributed by atoms with Crippen LogP contribution in [0.2, 0.25) is 0 Å². The third-order valence-electron chi connectivity index (χ3n) is 3.39. The molecule has 9 heteroatoms. The van der Waals surface area contributed by atoms with Gasteiger partial charge in [0.05, 0.1) is 6.04 Å². The average Bonchev–Trinajstić information content (AvgIpc) is 2.75. The number of carbonyl (C=O) groups is 2. The molecule has 1 aliphatic rings. The number of halogens is 3. The van der Waals surface area contributed by atoms with Gasteiger partial charge in [-0.1, -0.05) is 6.92 Å². The summed E-state index contributed by atoms with van der Waals surface area (Å²) >= 11 is 0. The molecule has 0 aromatic rings. The summed E-state index contributed by atoms with van der Waals surface area (Å²) in [5.74, 6) is -0.0286. The predicted octanol–water partition coefficient (Wildman–Crippen LogP) is 2.49. The van der Waals surface area contributed by atoms with Gasteiger partial charge in [-0.2, -0.15) is 13.2 Å². The fourth-order valence-electron chi connectivity index (χ4n) is 2.36. The van der Waals surface area contributed by atoms with Crippen LogP contribution in [0, 0.1) is 5.92 Å². The first-order valence-electron chi connectivity index (χ1n) is 7.50. The average molecular weight is 339 g/mol. The van der Waals surface area contributed by atoms with Crippen LogP contribution in [0.5, 0.6) is 0 Å². The lowest BCUT2D eigenvalue weighted by Gasteiger charge is -2.23. The van der Waals surface area contributed by atoms with E-state index in [1.165, 1.54) is 4.90 Å². The van der Waals surface area contributed by atoms with E-state index >= 15 is 0 Å². The minimum absolute atomic E-state index is 0.0286. The SMILES string of the molecule is CCC1CN(C(=O)NCC(F)(F)F)CC1NC(=O)OC(C)(C)C. The van der Waals surface area contributed by atoms with E-state index < -0.39 is 30.4 Å². The van der Waals surface area contributed by atoms with Crippen molar-refractivity contribution < 1.29 is 27.5 Å². The van der Waals surface area contributed by atoms with Crippen molar-refractivity contribution in [2.75, 3.05) is 19.6 Å². The number of rotatable bonds is 3. The highest BCUT2D eigenvalue weighted by molar-refractivity contribution is 5.75. The maximum atomic E-state index is 12.1. The number of hydrogen-bond acceptors (Lipinski definition) is 3. The van der Waals surface area contributed by atoms with Gasteiger partial charge in [-0.25, -0.2) is 9.59 Å². The van der Waals surface area contributed by atoms with Gasteiger partial charge in [0.1, 0.15) is 12.1 Å². The standard InChI is InChI=1S/C14H24F3N3O3/c1-5-9-6-20(11(21)18-8-14(15,16)17)7-10(9)19-12(22)23-13(2,3)4/h9-10H,5-8H2,1-4H3,(H,18,21)(H,19,22). The fraction of sp³-hybridized carbons (Fsp3) is 0.857. The van der Waals surface area contributed by atoms with Crippen molar-refractivity contribution in [3.05, 3.63) is 0 Å². The Labute approximate surface area is 133 Å². The Morgan fingerprint density at radius 2 is 1.83 bits per heavy atom. The molecule has 0 aromatic carbocycles. The molecule has 6 nitrogen and oxygen atoms in total. The summed E-state index contributed by atoms with van der Waals surface area (Å²) in [5.41, 5.74) is -0.645. The number of nitrogens with one attached hydrogen (secondary N) is 2. The lowest BCUT2D eigenvalue weighted by Crippen LogP contribution is -2.45. The summed E-state index contributed by atoms with van der Waals surface area (Å²) in [5, 5.41) is 4.53. The summed E-state index contributed by atoms with van der Waals surface area (Å²) in [6.07, 6.45) is -4.37. The molecule has 0 aromatic heterocycles. The zero-order valence-corrected chi connectivity index (χ0v) is 13.8. The van der Waals surface area contributed by atoms with Crippen molar-refractivity contribution in [1.82, 2.24) is 15.5 Å². The fourth-order valence-corrected chi connectivity index (χ4v) is 2.36. The first kappa shape index (κ1) is 19.4. The van der Waals surface area contributed by atoms with Crippen LogP contribution in [0.3, 0.4) is 0 Å². The lowest BCUT2D eigenvalue weighted by atomic mass is 10.0. The Kier molecular flexibility index (Phi) is 6.12. The first-order chi connectivity index (χ1) is 10.4. The van der Waals surface area contributed by atoms with E-state index in [9.17, 15) is 22.8 Å². The van der Waals surface area contributed by atoms with Gasteiger partial charge in [-0.15, -0.1) is 0 Å². The van der Waals surface area contributed by atoms with E-state index in [1.54, 1.807) is 20.8 Å². The number of ether oxygens (including phenoxy) is 1. The molecule has 2 atom stereocenters. The van der Waals surface area contributed by atoms with Crippen LogP contribution in [0.4, 0.5) is 22.8 Å². The molecule has 2 unspecified atom stereocenters. The second-order valence-electron chi connectivity index (χ2n) is 6.60. The minimum Gasteiger partial charge on any atom is -0.444 e. The van der Waals surface area contributed by atoms with Crippen molar-refractivity contribution >= 4 is 12.1 Å². The van der Waals surface area contributed by atoms with E-state index in [0.29, 0.717) is 13.0 Å². The highest BCUT2D eigenvalue weighted by Gasteiger charge is 2.37. The Balaban J connectivity index is 2.56. The van der Waals surface area contributed by atoms with Crippen molar-refractivity contribution in [2.45, 2.75) is 51.9 Å². The number of alkyl carbamates (subject to hydrolysis) is 1. The van der Waals surface area contributed by atoms with Crippen LogP contribution < -0.4 is 10.6 Å². The Morgan fingerprint density at radius 3 is 2.30 bits per heavy atom. The van der Waals surface area contributed by atoms with Crippen molar-refractivity contribution in [1.29, 1.82) is 0 Å². The van der Waals surface area contributed by atoms with Gasteiger partial charge in [-0.05, 0) is 33.1 Å². The molecule has 0 spiro atoms. The summed E-state index contributed by atoms with van der Waals surface area (Å²) in [6, 6.07) is -1.12. The number of amides is 3. The third kappa shape index (κ3) is 6.96. The van der Waals surface area contributed by atoms with Gasteiger partial charge in [0, 0.05) is 13.1 Å². The quantitative estimate of drug-likeness (QED) is 0.830. The van der Waals surface area contributed by atoms with Crippen molar-refractivity contribution in [3.8, 4) is 0 Å². The molecule has 0 bridgehead atoms. The monoisotopic (exact) mass is 339 g/mol. The molecule has 1 saturated heterocycles. The summed E-state index contributed by atoms with van der Waals surface area (Å²) in [7, 11) is 0. The van der Waals surface area contributed by atoms with Crippen molar-refractivity contribution in [2.24, 2.45) is 5.92 Å². The van der Waals surface area contributed by atoms with Crippen LogP contribution in [0.1, 0.15) is 34.1 Å². The van der Waals surface area contributed by atoms with Crippen LogP contribution in [-0.4, -0.2) is 54.5 Å². The highest BCUT2D eigenvalue weighted by atomic mass is 19.4. The third-order valence-corrected chi connectivity index (χ3v) is 3.39. The molecule has 23 heavy (non-hydrogen) atoms. The van der Waals surface area contributed by atoms with Crippen LogP contribution in [0.25, 0.3) is 0 Å². The number of alkyl halides is 3. The smallest absolute Gasteiger partial charge is 0.407 e. The molecular formula is C14H24F3N3O3. The van der Waals surface area contributed by atoms with E-state index in [4.69, 9.17) is 4.74 Å². The Morgan fingerprint density at radius 1 is 1.22 bits per heavy atom. The normalized spacial score (nSPS) is 22.0. The molecule has 2 N–H and O–H groups in total. The van der Waals surface area contributed by atoms with Crippen LogP contribution in [0.15, 0.2) is 0 Å². The molecule has 0 aliphatic carbocycles. The topological polar surface area (TPSA) is 70.7 Å². The molecule has 0 radical (unpaired) electrons. The summed E-state index contributed by atoms with van der Waals surface area (Å²) in [6.45, 7) is 6.16. The minimum atomic E-state index is -4.45.